The van der Waals surface area contributed by atoms with Crippen LogP contribution in [0, 0.1) is 0 Å². The quantitative estimate of drug-likeness (QED) is 0.805. The van der Waals surface area contributed by atoms with Gasteiger partial charge in [0, 0.05) is 11.6 Å². The molecule has 0 aromatic heterocycles. The summed E-state index contributed by atoms with van der Waals surface area (Å²) in [6, 6.07) is 7.00. The van der Waals surface area contributed by atoms with Crippen molar-refractivity contribution in [2.45, 2.75) is 32.3 Å². The van der Waals surface area contributed by atoms with Gasteiger partial charge in [-0.25, -0.2) is 0 Å². The highest BCUT2D eigenvalue weighted by Crippen LogP contribution is 2.48. The number of ether oxygens (including phenoxy) is 4. The molecular formula is C22H22O6. The maximum atomic E-state index is 12.9. The average Bonchev–Trinajstić information content (AvgIpc) is 2.96. The molecule has 6 heteroatoms. The zero-order valence-electron chi connectivity index (χ0n) is 16.3. The molecule has 0 unspecified atom stereocenters. The molecule has 6 nitrogen and oxygen atoms in total. The minimum Gasteiger partial charge on any atom is -0.507 e. The first-order valence-electron chi connectivity index (χ1n) is 9.07. The van der Waals surface area contributed by atoms with Gasteiger partial charge in [0.25, 0.3) is 0 Å². The number of rotatable bonds is 3. The minimum absolute atomic E-state index is 0.0521. The fraction of sp³-hybridized carbons (Fsp3) is 0.318. The lowest BCUT2D eigenvalue weighted by Crippen LogP contribution is -2.32. The lowest BCUT2D eigenvalue weighted by atomic mass is 9.91. The number of carbonyl (C=O) groups excluding carboxylic acids is 1. The molecular weight excluding hydrogens is 360 g/mol. The number of carbonyl (C=O) groups is 1. The van der Waals surface area contributed by atoms with Gasteiger partial charge in [-0.15, -0.1) is 0 Å². The normalized spacial score (nSPS) is 18.1. The van der Waals surface area contributed by atoms with Gasteiger partial charge in [-0.2, -0.15) is 0 Å². The molecule has 146 valence electrons. The summed E-state index contributed by atoms with van der Waals surface area (Å²) in [5, 5.41) is 10.7. The van der Waals surface area contributed by atoms with Gasteiger partial charge in [0.05, 0.1) is 14.2 Å². The number of hydrogen-bond acceptors (Lipinski definition) is 6. The third kappa shape index (κ3) is 2.95. The smallest absolute Gasteiger partial charge is 0.235 e. The molecule has 0 aliphatic carbocycles. The number of allylic oxidation sites excluding steroid dienone is 1. The third-order valence-corrected chi connectivity index (χ3v) is 5.07. The first-order chi connectivity index (χ1) is 13.3. The van der Waals surface area contributed by atoms with Crippen molar-refractivity contribution in [3.8, 4) is 28.7 Å². The van der Waals surface area contributed by atoms with Gasteiger partial charge in [-0.1, -0.05) is 6.07 Å². The number of ketones is 1. The van der Waals surface area contributed by atoms with Crippen LogP contribution < -0.4 is 18.9 Å². The molecule has 0 radical (unpaired) electrons. The molecule has 0 bridgehead atoms. The number of Topliss-reactive ketones (excluding diaryl/α,β-unsaturated/α-hetero) is 1. The van der Waals surface area contributed by atoms with Crippen molar-refractivity contribution in [3.63, 3.8) is 0 Å². The van der Waals surface area contributed by atoms with E-state index in [1.807, 2.05) is 13.8 Å². The van der Waals surface area contributed by atoms with E-state index in [0.29, 0.717) is 35.0 Å². The highest BCUT2D eigenvalue weighted by Gasteiger charge is 2.37. The number of hydrogen-bond donors (Lipinski definition) is 1. The lowest BCUT2D eigenvalue weighted by molar-refractivity contribution is 0.0834. The molecule has 2 heterocycles. The maximum Gasteiger partial charge on any atom is 0.235 e. The Labute approximate surface area is 163 Å². The van der Waals surface area contributed by atoms with Crippen LogP contribution in [0.3, 0.4) is 0 Å². The molecule has 1 N–H and O–H groups in total. The molecule has 0 fully saturated rings. The number of benzene rings is 2. The summed E-state index contributed by atoms with van der Waals surface area (Å²) in [5.74, 6) is 1.75. The van der Waals surface area contributed by atoms with E-state index in [0.717, 1.165) is 12.0 Å². The Hall–Kier alpha value is -3.15. The number of methoxy groups -OCH3 is 2. The molecule has 0 spiro atoms. The van der Waals surface area contributed by atoms with E-state index in [1.54, 1.807) is 44.6 Å². The van der Waals surface area contributed by atoms with Crippen LogP contribution in [0.4, 0.5) is 0 Å². The summed E-state index contributed by atoms with van der Waals surface area (Å²) < 4.78 is 22.3. The van der Waals surface area contributed by atoms with Crippen molar-refractivity contribution in [2.24, 2.45) is 0 Å². The fourth-order valence-electron chi connectivity index (χ4n) is 3.55. The van der Waals surface area contributed by atoms with Crippen LogP contribution >= 0.6 is 0 Å². The summed E-state index contributed by atoms with van der Waals surface area (Å²) in [4.78, 5) is 12.9. The van der Waals surface area contributed by atoms with E-state index in [1.165, 1.54) is 0 Å². The number of phenols is 1. The predicted octanol–water partition coefficient (Wildman–Crippen LogP) is 4.13. The molecule has 2 aliphatic rings. The Balaban J connectivity index is 1.72. The van der Waals surface area contributed by atoms with Crippen LogP contribution in [0.5, 0.6) is 28.7 Å². The highest BCUT2D eigenvalue weighted by molar-refractivity contribution is 6.16. The lowest BCUT2D eigenvalue weighted by Gasteiger charge is -2.33. The molecule has 4 rings (SSSR count). The van der Waals surface area contributed by atoms with Crippen molar-refractivity contribution in [1.29, 1.82) is 0 Å². The third-order valence-electron chi connectivity index (χ3n) is 5.07. The van der Waals surface area contributed by atoms with Crippen LogP contribution in [-0.4, -0.2) is 30.7 Å². The molecule has 0 saturated carbocycles. The van der Waals surface area contributed by atoms with E-state index in [4.69, 9.17) is 18.9 Å². The van der Waals surface area contributed by atoms with Crippen LogP contribution in [0.25, 0.3) is 6.08 Å². The second kappa shape index (κ2) is 6.48. The van der Waals surface area contributed by atoms with Crippen molar-refractivity contribution in [1.82, 2.24) is 0 Å². The highest BCUT2D eigenvalue weighted by atomic mass is 16.5. The van der Waals surface area contributed by atoms with E-state index in [9.17, 15) is 9.90 Å². The van der Waals surface area contributed by atoms with Gasteiger partial charge in [-0.3, -0.25) is 4.79 Å². The molecule has 0 atom stereocenters. The largest absolute Gasteiger partial charge is 0.507 e. The second-order valence-corrected chi connectivity index (χ2v) is 7.49. The van der Waals surface area contributed by atoms with E-state index in [2.05, 4.69) is 0 Å². The number of fused-ring (bicyclic) bond motifs is 2. The Bertz CT molecular complexity index is 1000. The van der Waals surface area contributed by atoms with Crippen molar-refractivity contribution < 1.29 is 28.8 Å². The molecule has 2 aliphatic heterocycles. The molecule has 0 saturated heterocycles. The summed E-state index contributed by atoms with van der Waals surface area (Å²) in [7, 11) is 3.11. The van der Waals surface area contributed by atoms with Crippen LogP contribution in [0.2, 0.25) is 0 Å². The number of aromatic hydroxyl groups is 1. The molecule has 0 amide bonds. The Kier molecular flexibility index (Phi) is 4.22. The Morgan fingerprint density at radius 2 is 1.86 bits per heavy atom. The topological polar surface area (TPSA) is 74.2 Å². The number of phenolic OH excluding ortho intramolecular Hbond substituents is 1. The Morgan fingerprint density at radius 1 is 1.11 bits per heavy atom. The standard InChI is InChI=1S/C22H22O6/c1-22(2)8-7-13-15(28-22)11-17-19(20(13)23)21(24)18(27-17)10-12-5-6-14(25-3)16(9-12)26-4/h5-6,9-11,23H,7-8H2,1-4H3. The van der Waals surface area contributed by atoms with E-state index in [-0.39, 0.29) is 28.5 Å². The van der Waals surface area contributed by atoms with Gasteiger partial charge in [-0.05, 0) is 50.5 Å². The molecule has 2 aromatic rings. The predicted molar refractivity (Wildman–Crippen MR) is 104 cm³/mol. The molecule has 2 aromatic carbocycles. The zero-order chi connectivity index (χ0) is 20.1. The fourth-order valence-corrected chi connectivity index (χ4v) is 3.55. The summed E-state index contributed by atoms with van der Waals surface area (Å²) in [6.45, 7) is 3.99. The van der Waals surface area contributed by atoms with Gasteiger partial charge in [0.2, 0.25) is 5.78 Å². The minimum atomic E-state index is -0.352. The SMILES string of the molecule is COc1ccc(C=C2Oc3cc4c(c(O)c3C2=O)CCC(C)(C)O4)cc1OC. The van der Waals surface area contributed by atoms with Crippen LogP contribution in [-0.2, 0) is 6.42 Å². The van der Waals surface area contributed by atoms with Gasteiger partial charge < -0.3 is 24.1 Å². The van der Waals surface area contributed by atoms with Gasteiger partial charge >= 0.3 is 0 Å². The molecule has 28 heavy (non-hydrogen) atoms. The van der Waals surface area contributed by atoms with Gasteiger partial charge in [0.1, 0.15) is 28.4 Å². The van der Waals surface area contributed by atoms with Crippen LogP contribution in [0.1, 0.15) is 41.8 Å². The van der Waals surface area contributed by atoms with E-state index < -0.39 is 0 Å². The maximum absolute atomic E-state index is 12.9. The zero-order valence-corrected chi connectivity index (χ0v) is 16.3. The first kappa shape index (κ1) is 18.2. The monoisotopic (exact) mass is 382 g/mol. The van der Waals surface area contributed by atoms with Crippen molar-refractivity contribution >= 4 is 11.9 Å². The van der Waals surface area contributed by atoms with E-state index >= 15 is 0 Å². The Morgan fingerprint density at radius 3 is 2.57 bits per heavy atom. The van der Waals surface area contributed by atoms with Crippen molar-refractivity contribution in [2.75, 3.05) is 14.2 Å². The average molecular weight is 382 g/mol. The van der Waals surface area contributed by atoms with Crippen molar-refractivity contribution in [3.05, 3.63) is 46.7 Å². The summed E-state index contributed by atoms with van der Waals surface area (Å²) >= 11 is 0. The van der Waals surface area contributed by atoms with Crippen LogP contribution in [0.15, 0.2) is 30.0 Å². The van der Waals surface area contributed by atoms with Gasteiger partial charge in [0.15, 0.2) is 17.3 Å². The second-order valence-electron chi connectivity index (χ2n) is 7.49. The summed E-state index contributed by atoms with van der Waals surface area (Å²) in [5.41, 5.74) is 1.24. The first-order valence-corrected chi connectivity index (χ1v) is 9.07. The summed E-state index contributed by atoms with van der Waals surface area (Å²) in [6.07, 6.45) is 3.02.